The van der Waals surface area contributed by atoms with Gasteiger partial charge >= 0.3 is 0 Å². The Kier molecular flexibility index (Phi) is 9.96. The van der Waals surface area contributed by atoms with Crippen molar-refractivity contribution in [2.75, 3.05) is 26.2 Å². The normalized spacial score (nSPS) is 16.5. The van der Waals surface area contributed by atoms with Gasteiger partial charge in [-0.2, -0.15) is 0 Å². The molecule has 2 nitrogen and oxygen atoms in total. The molecule has 0 aromatic heterocycles. The highest BCUT2D eigenvalue weighted by Crippen LogP contribution is 2.37. The molecule has 1 aromatic rings. The number of piperazine rings is 1. The van der Waals surface area contributed by atoms with E-state index in [1.165, 1.54) is 0 Å². The molecule has 1 saturated heterocycles. The van der Waals surface area contributed by atoms with Gasteiger partial charge in [-0.25, -0.2) is 0 Å². The van der Waals surface area contributed by atoms with Crippen LogP contribution in [0.1, 0.15) is 24.9 Å². The Bertz CT molecular complexity index is 439. The van der Waals surface area contributed by atoms with Crippen LogP contribution in [0.25, 0.3) is 0 Å². The zero-order chi connectivity index (χ0) is 13.8. The molecule has 1 aliphatic rings. The zero-order valence-electron chi connectivity index (χ0n) is 12.1. The molecule has 21 heavy (non-hydrogen) atoms. The van der Waals surface area contributed by atoms with Crippen molar-refractivity contribution in [3.05, 3.63) is 46.0 Å². The average molecular weight is 372 g/mol. The van der Waals surface area contributed by atoms with Crippen LogP contribution in [0.4, 0.5) is 0 Å². The number of halogens is 4. The molecule has 1 fully saturated rings. The molecule has 2 rings (SSSR count). The second kappa shape index (κ2) is 9.94. The molecule has 0 spiro atoms. The number of rotatable bonds is 4. The Hall–Kier alpha value is 0.0400. The van der Waals surface area contributed by atoms with Crippen molar-refractivity contribution in [3.8, 4) is 0 Å². The van der Waals surface area contributed by atoms with E-state index < -0.39 is 0 Å². The van der Waals surface area contributed by atoms with Crippen LogP contribution in [0.15, 0.2) is 30.4 Å². The van der Waals surface area contributed by atoms with Crippen molar-refractivity contribution >= 4 is 48.0 Å². The number of hydrogen-bond acceptors (Lipinski definition) is 2. The lowest BCUT2D eigenvalue weighted by atomic mass is 9.97. The second-order valence-corrected chi connectivity index (χ2v) is 5.91. The van der Waals surface area contributed by atoms with Gasteiger partial charge in [-0.05, 0) is 25.5 Å². The quantitative estimate of drug-likeness (QED) is 0.768. The van der Waals surface area contributed by atoms with Gasteiger partial charge in [0, 0.05) is 47.8 Å². The maximum absolute atomic E-state index is 6.37. The van der Waals surface area contributed by atoms with Crippen molar-refractivity contribution in [2.45, 2.75) is 19.4 Å². The Morgan fingerprint density at radius 2 is 1.76 bits per heavy atom. The molecule has 0 amide bonds. The number of nitrogens with zero attached hydrogens (tertiary/aromatic N) is 1. The first-order valence-corrected chi connectivity index (χ1v) is 7.38. The van der Waals surface area contributed by atoms with Crippen molar-refractivity contribution in [1.82, 2.24) is 10.2 Å². The first kappa shape index (κ1) is 21.0. The molecule has 1 N–H and O–H groups in total. The van der Waals surface area contributed by atoms with Crippen LogP contribution in [0.3, 0.4) is 0 Å². The summed E-state index contributed by atoms with van der Waals surface area (Å²) in [6, 6.07) is 5.94. The summed E-state index contributed by atoms with van der Waals surface area (Å²) in [6.07, 6.45) is 0.892. The topological polar surface area (TPSA) is 15.3 Å². The molecule has 6 heteroatoms. The highest BCUT2D eigenvalue weighted by molar-refractivity contribution is 6.36. The first-order chi connectivity index (χ1) is 9.09. The molecule has 0 radical (unpaired) electrons. The minimum absolute atomic E-state index is 0. The Morgan fingerprint density at radius 3 is 2.24 bits per heavy atom. The minimum Gasteiger partial charge on any atom is -0.314 e. The van der Waals surface area contributed by atoms with E-state index in [2.05, 4.69) is 23.7 Å². The fourth-order valence-electron chi connectivity index (χ4n) is 2.57. The van der Waals surface area contributed by atoms with E-state index in [4.69, 9.17) is 23.2 Å². The fourth-order valence-corrected chi connectivity index (χ4v) is 3.22. The third kappa shape index (κ3) is 5.63. The molecule has 0 unspecified atom stereocenters. The highest BCUT2D eigenvalue weighted by atomic mass is 35.5. The van der Waals surface area contributed by atoms with E-state index in [1.54, 1.807) is 0 Å². The molecule has 120 valence electrons. The summed E-state index contributed by atoms with van der Waals surface area (Å²) < 4.78 is 0. The molecule has 0 aliphatic carbocycles. The predicted octanol–water partition coefficient (Wildman–Crippen LogP) is 4.75. The van der Waals surface area contributed by atoms with Gasteiger partial charge in [0.2, 0.25) is 0 Å². The van der Waals surface area contributed by atoms with E-state index >= 15 is 0 Å². The van der Waals surface area contributed by atoms with E-state index in [0.717, 1.165) is 53.8 Å². The van der Waals surface area contributed by atoms with Gasteiger partial charge in [0.1, 0.15) is 0 Å². The third-order valence-electron chi connectivity index (χ3n) is 3.47. The van der Waals surface area contributed by atoms with Crippen LogP contribution in [0.5, 0.6) is 0 Å². The zero-order valence-corrected chi connectivity index (χ0v) is 15.2. The van der Waals surface area contributed by atoms with Crippen LogP contribution >= 0.6 is 48.0 Å². The van der Waals surface area contributed by atoms with Crippen LogP contribution in [0.2, 0.25) is 10.0 Å². The van der Waals surface area contributed by atoms with Crippen LogP contribution in [-0.2, 0) is 0 Å². The molecule has 1 aliphatic heterocycles. The number of benzene rings is 1. The number of hydrogen-bond donors (Lipinski definition) is 1. The Morgan fingerprint density at radius 1 is 1.24 bits per heavy atom. The first-order valence-electron chi connectivity index (χ1n) is 6.62. The lowest BCUT2D eigenvalue weighted by Gasteiger charge is -2.36. The van der Waals surface area contributed by atoms with Gasteiger partial charge in [0.15, 0.2) is 0 Å². The summed E-state index contributed by atoms with van der Waals surface area (Å²) in [5.41, 5.74) is 2.19. The summed E-state index contributed by atoms with van der Waals surface area (Å²) in [4.78, 5) is 2.44. The van der Waals surface area contributed by atoms with Gasteiger partial charge in [-0.15, -0.1) is 31.4 Å². The molecule has 0 saturated carbocycles. The lowest BCUT2D eigenvalue weighted by Crippen LogP contribution is -2.45. The lowest BCUT2D eigenvalue weighted by molar-refractivity contribution is 0.172. The van der Waals surface area contributed by atoms with E-state index in [-0.39, 0.29) is 30.9 Å². The molecule has 0 bridgehead atoms. The molecule has 1 aromatic carbocycles. The third-order valence-corrected chi connectivity index (χ3v) is 4.13. The number of nitrogens with one attached hydrogen (secondary N) is 1. The minimum atomic E-state index is 0. The van der Waals surface area contributed by atoms with Crippen molar-refractivity contribution < 1.29 is 0 Å². The maximum atomic E-state index is 6.37. The smallest absolute Gasteiger partial charge is 0.0468 e. The standard InChI is InChI=1S/C15H20Cl2N2.2ClH/c1-11(2)10-14(19-8-6-18-7-9-19)15-12(16)4-3-5-13(15)17;;/h3-5,14,18H,1,6-10H2,2H3;2*1H/t14-;;/m0../s1. The molecule has 1 atom stereocenters. The fraction of sp³-hybridized carbons (Fsp3) is 0.467. The van der Waals surface area contributed by atoms with Crippen molar-refractivity contribution in [1.29, 1.82) is 0 Å². The molecule has 1 heterocycles. The summed E-state index contributed by atoms with van der Waals surface area (Å²) in [5, 5.41) is 4.87. The largest absolute Gasteiger partial charge is 0.314 e. The Labute approximate surface area is 149 Å². The summed E-state index contributed by atoms with van der Waals surface area (Å²) in [5.74, 6) is 0. The second-order valence-electron chi connectivity index (χ2n) is 5.10. The summed E-state index contributed by atoms with van der Waals surface area (Å²) >= 11 is 12.7. The van der Waals surface area contributed by atoms with E-state index in [0.29, 0.717) is 0 Å². The van der Waals surface area contributed by atoms with E-state index in [9.17, 15) is 0 Å². The maximum Gasteiger partial charge on any atom is 0.0468 e. The summed E-state index contributed by atoms with van der Waals surface area (Å²) in [7, 11) is 0. The molecular weight excluding hydrogens is 350 g/mol. The van der Waals surface area contributed by atoms with Gasteiger partial charge < -0.3 is 5.32 Å². The van der Waals surface area contributed by atoms with E-state index in [1.807, 2.05) is 18.2 Å². The monoisotopic (exact) mass is 370 g/mol. The molecular formula is C15H22Cl4N2. The highest BCUT2D eigenvalue weighted by Gasteiger charge is 2.25. The van der Waals surface area contributed by atoms with Crippen LogP contribution in [0, 0.1) is 0 Å². The van der Waals surface area contributed by atoms with Crippen molar-refractivity contribution in [2.24, 2.45) is 0 Å². The van der Waals surface area contributed by atoms with Crippen molar-refractivity contribution in [3.63, 3.8) is 0 Å². The Balaban J connectivity index is 0.00000200. The van der Waals surface area contributed by atoms with Gasteiger partial charge in [-0.3, -0.25) is 4.90 Å². The van der Waals surface area contributed by atoms with Gasteiger partial charge in [-0.1, -0.05) is 34.8 Å². The predicted molar refractivity (Wildman–Crippen MR) is 97.6 cm³/mol. The van der Waals surface area contributed by atoms with Gasteiger partial charge in [0.25, 0.3) is 0 Å². The van der Waals surface area contributed by atoms with Gasteiger partial charge in [0.05, 0.1) is 0 Å². The van der Waals surface area contributed by atoms with Crippen LogP contribution < -0.4 is 5.32 Å². The summed E-state index contributed by atoms with van der Waals surface area (Å²) in [6.45, 7) is 10.1. The SMILES string of the molecule is C=C(C)C[C@@H](c1c(Cl)cccc1Cl)N1CCNCC1.Cl.Cl. The van der Waals surface area contributed by atoms with Crippen LogP contribution in [-0.4, -0.2) is 31.1 Å². The average Bonchev–Trinajstić information content (AvgIpc) is 2.38.